The highest BCUT2D eigenvalue weighted by Crippen LogP contribution is 2.48. The quantitative estimate of drug-likeness (QED) is 0.250. The zero-order valence-corrected chi connectivity index (χ0v) is 24.0. The molecule has 0 spiro atoms. The van der Waals surface area contributed by atoms with Crippen molar-refractivity contribution in [1.29, 1.82) is 0 Å². The number of nitrogens with zero attached hydrogens (tertiary/aromatic N) is 1. The topological polar surface area (TPSA) is 92.7 Å². The number of ether oxygens (including phenoxy) is 5. The number of benzene rings is 2. The van der Waals surface area contributed by atoms with Gasteiger partial charge in [-0.1, -0.05) is 37.6 Å². The number of Topliss-reactive ketones (excluding diaryl/α,β-unsaturated/α-hetero) is 1. The van der Waals surface area contributed by atoms with Crippen LogP contribution in [0.1, 0.15) is 62.5 Å². The van der Waals surface area contributed by atoms with Gasteiger partial charge in [-0.15, -0.1) is 0 Å². The van der Waals surface area contributed by atoms with E-state index in [1.54, 1.807) is 21.3 Å². The summed E-state index contributed by atoms with van der Waals surface area (Å²) in [5, 5.41) is 0. The highest BCUT2D eigenvalue weighted by Gasteiger charge is 2.47. The minimum atomic E-state index is -0.582. The largest absolute Gasteiger partial charge is 0.493 e. The lowest BCUT2D eigenvalue weighted by Gasteiger charge is -2.38. The van der Waals surface area contributed by atoms with Crippen LogP contribution < -0.4 is 14.2 Å². The standard InChI is InChI=1S/C32H39NO7/c1-6-7-14-39-26-11-9-8-10-23(26)30-29(32(35)40-16-15-36-3)20(2)33-24-17-22(18-25(34)31(24)30)21-12-13-27(37-4)28(19-21)38-5/h8-13,19,22,30-31H,6-7,14-18H2,1-5H3/t22-,30-,31?/m1/s1. The van der Waals surface area contributed by atoms with Crippen molar-refractivity contribution >= 4 is 17.5 Å². The Hall–Kier alpha value is -3.65. The van der Waals surface area contributed by atoms with E-state index < -0.39 is 17.8 Å². The fourth-order valence-corrected chi connectivity index (χ4v) is 5.61. The second-order valence-corrected chi connectivity index (χ2v) is 10.1. The molecule has 0 radical (unpaired) electrons. The smallest absolute Gasteiger partial charge is 0.336 e. The molecule has 0 aromatic heterocycles. The van der Waals surface area contributed by atoms with E-state index in [0.29, 0.717) is 48.0 Å². The van der Waals surface area contributed by atoms with Crippen molar-refractivity contribution in [3.63, 3.8) is 0 Å². The van der Waals surface area contributed by atoms with E-state index in [2.05, 4.69) is 6.92 Å². The first-order chi connectivity index (χ1) is 19.4. The number of fused-ring (bicyclic) bond motifs is 1. The number of carbonyl (C=O) groups excluding carboxylic acids is 2. The summed E-state index contributed by atoms with van der Waals surface area (Å²) in [6.45, 7) is 4.87. The molecule has 0 amide bonds. The van der Waals surface area contributed by atoms with Crippen molar-refractivity contribution in [2.75, 3.05) is 41.2 Å². The van der Waals surface area contributed by atoms with Gasteiger partial charge in [-0.3, -0.25) is 9.79 Å². The Kier molecular flexibility index (Phi) is 9.98. The van der Waals surface area contributed by atoms with Gasteiger partial charge in [0, 0.05) is 36.4 Å². The van der Waals surface area contributed by atoms with Gasteiger partial charge in [-0.25, -0.2) is 4.79 Å². The number of esters is 1. The van der Waals surface area contributed by atoms with E-state index in [1.165, 1.54) is 0 Å². The molecule has 1 unspecified atom stereocenters. The number of hydrogen-bond donors (Lipinski definition) is 0. The summed E-state index contributed by atoms with van der Waals surface area (Å²) in [6, 6.07) is 13.4. The Morgan fingerprint density at radius 2 is 1.70 bits per heavy atom. The molecule has 3 atom stereocenters. The molecule has 1 aliphatic heterocycles. The first-order valence-corrected chi connectivity index (χ1v) is 13.8. The van der Waals surface area contributed by atoms with E-state index in [-0.39, 0.29) is 24.9 Å². The third-order valence-corrected chi connectivity index (χ3v) is 7.58. The summed E-state index contributed by atoms with van der Waals surface area (Å²) in [7, 11) is 4.75. The van der Waals surface area contributed by atoms with Crippen LogP contribution in [-0.2, 0) is 19.1 Å². The predicted octanol–water partition coefficient (Wildman–Crippen LogP) is 5.65. The molecule has 1 aliphatic carbocycles. The van der Waals surface area contributed by atoms with Crippen molar-refractivity contribution < 1.29 is 33.3 Å². The summed E-state index contributed by atoms with van der Waals surface area (Å²) in [6.07, 6.45) is 2.81. The van der Waals surface area contributed by atoms with Crippen LogP contribution >= 0.6 is 0 Å². The lowest BCUT2D eigenvalue weighted by Crippen LogP contribution is -2.41. The van der Waals surface area contributed by atoms with Crippen molar-refractivity contribution in [2.24, 2.45) is 10.9 Å². The van der Waals surface area contributed by atoms with Gasteiger partial charge in [0.05, 0.1) is 38.9 Å². The van der Waals surface area contributed by atoms with Gasteiger partial charge in [-0.2, -0.15) is 0 Å². The maximum absolute atomic E-state index is 14.0. The summed E-state index contributed by atoms with van der Waals surface area (Å²) in [5.41, 5.74) is 3.51. The molecule has 40 heavy (non-hydrogen) atoms. The molecular weight excluding hydrogens is 510 g/mol. The number of methoxy groups -OCH3 is 3. The molecule has 2 aromatic carbocycles. The number of hydrogen-bond acceptors (Lipinski definition) is 8. The SMILES string of the molecule is CCCCOc1ccccc1[C@@H]1C(C(=O)OCCOC)=C(C)N=C2C[C@@H](c3ccc(OC)c(OC)c3)CC(=O)C21. The number of ketones is 1. The van der Waals surface area contributed by atoms with Crippen LogP contribution in [0.4, 0.5) is 0 Å². The molecule has 2 aliphatic rings. The van der Waals surface area contributed by atoms with Gasteiger partial charge in [0.25, 0.3) is 0 Å². The zero-order chi connectivity index (χ0) is 28.6. The highest BCUT2D eigenvalue weighted by molar-refractivity contribution is 6.12. The minimum Gasteiger partial charge on any atom is -0.493 e. The van der Waals surface area contributed by atoms with Gasteiger partial charge < -0.3 is 23.7 Å². The molecule has 8 nitrogen and oxygen atoms in total. The van der Waals surface area contributed by atoms with Gasteiger partial charge in [0.2, 0.25) is 0 Å². The van der Waals surface area contributed by atoms with E-state index in [0.717, 1.165) is 29.7 Å². The number of allylic oxidation sites excluding steroid dienone is 1. The molecule has 0 bridgehead atoms. The number of unbranched alkanes of at least 4 members (excludes halogenated alkanes) is 1. The van der Waals surface area contributed by atoms with Gasteiger partial charge in [0.1, 0.15) is 18.1 Å². The van der Waals surface area contributed by atoms with E-state index in [1.807, 2.05) is 49.4 Å². The van der Waals surface area contributed by atoms with Crippen LogP contribution in [-0.4, -0.2) is 58.6 Å². The first-order valence-electron chi connectivity index (χ1n) is 13.8. The van der Waals surface area contributed by atoms with Crippen molar-refractivity contribution in [1.82, 2.24) is 0 Å². The molecule has 1 saturated carbocycles. The van der Waals surface area contributed by atoms with Crippen molar-refractivity contribution in [3.05, 3.63) is 64.9 Å². The van der Waals surface area contributed by atoms with E-state index in [4.69, 9.17) is 28.7 Å². The van der Waals surface area contributed by atoms with E-state index in [9.17, 15) is 9.59 Å². The summed E-state index contributed by atoms with van der Waals surface area (Å²) in [5.74, 6) is 0.271. The van der Waals surface area contributed by atoms with Crippen molar-refractivity contribution in [2.45, 2.75) is 51.4 Å². The van der Waals surface area contributed by atoms with Gasteiger partial charge in [0.15, 0.2) is 11.5 Å². The van der Waals surface area contributed by atoms with Crippen LogP contribution in [0.3, 0.4) is 0 Å². The lowest BCUT2D eigenvalue weighted by molar-refractivity contribution is -0.140. The molecule has 2 aromatic rings. The van der Waals surface area contributed by atoms with Crippen molar-refractivity contribution in [3.8, 4) is 17.2 Å². The molecule has 8 heteroatoms. The maximum atomic E-state index is 14.0. The first kappa shape index (κ1) is 29.3. The Morgan fingerprint density at radius 3 is 2.42 bits per heavy atom. The number of carbonyl (C=O) groups is 2. The highest BCUT2D eigenvalue weighted by atomic mass is 16.6. The lowest BCUT2D eigenvalue weighted by atomic mass is 9.66. The van der Waals surface area contributed by atoms with Crippen LogP contribution in [0.5, 0.6) is 17.2 Å². The fourth-order valence-electron chi connectivity index (χ4n) is 5.61. The Bertz CT molecular complexity index is 1280. The number of para-hydroxylation sites is 1. The summed E-state index contributed by atoms with van der Waals surface area (Å²) in [4.78, 5) is 32.3. The van der Waals surface area contributed by atoms with Gasteiger partial charge >= 0.3 is 5.97 Å². The molecule has 1 heterocycles. The Labute approximate surface area is 236 Å². The third kappa shape index (κ3) is 6.22. The summed E-state index contributed by atoms with van der Waals surface area (Å²) < 4.78 is 27.7. The fraction of sp³-hybridized carbons (Fsp3) is 0.469. The predicted molar refractivity (Wildman–Crippen MR) is 153 cm³/mol. The second-order valence-electron chi connectivity index (χ2n) is 10.1. The third-order valence-electron chi connectivity index (χ3n) is 7.58. The van der Waals surface area contributed by atoms with E-state index >= 15 is 0 Å². The monoisotopic (exact) mass is 549 g/mol. The van der Waals surface area contributed by atoms with Crippen LogP contribution in [0, 0.1) is 5.92 Å². The second kappa shape index (κ2) is 13.6. The molecule has 1 fully saturated rings. The Morgan fingerprint density at radius 1 is 0.925 bits per heavy atom. The molecule has 0 saturated heterocycles. The number of rotatable bonds is 12. The minimum absolute atomic E-state index is 0.0350. The maximum Gasteiger partial charge on any atom is 0.336 e. The average molecular weight is 550 g/mol. The molecule has 4 rings (SSSR count). The molecular formula is C32H39NO7. The Balaban J connectivity index is 1.75. The zero-order valence-electron chi connectivity index (χ0n) is 24.0. The summed E-state index contributed by atoms with van der Waals surface area (Å²) >= 11 is 0. The van der Waals surface area contributed by atoms with Crippen LogP contribution in [0.25, 0.3) is 0 Å². The van der Waals surface area contributed by atoms with Crippen LogP contribution in [0.15, 0.2) is 58.7 Å². The average Bonchev–Trinajstić information content (AvgIpc) is 2.96. The molecule has 0 N–H and O–H groups in total. The van der Waals surface area contributed by atoms with Gasteiger partial charge in [-0.05, 0) is 49.4 Å². The van der Waals surface area contributed by atoms with Crippen LogP contribution in [0.2, 0.25) is 0 Å². The normalized spacial score (nSPS) is 20.5. The number of aliphatic imine (C=N–C) groups is 1. The molecule has 214 valence electrons.